The number of fused-ring (bicyclic) bond motifs is 1. The van der Waals surface area contributed by atoms with Crippen LogP contribution in [0.25, 0.3) is 23.1 Å². The summed E-state index contributed by atoms with van der Waals surface area (Å²) >= 11 is 6.16. The molecule has 0 unspecified atom stereocenters. The number of benzene rings is 3. The van der Waals surface area contributed by atoms with Gasteiger partial charge in [0.1, 0.15) is 17.3 Å². The molecule has 1 heterocycles. The summed E-state index contributed by atoms with van der Waals surface area (Å²) in [4.78, 5) is 18.2. The van der Waals surface area contributed by atoms with Gasteiger partial charge in [0.05, 0.1) is 31.7 Å². The molecule has 0 aliphatic heterocycles. The molecule has 6 nitrogen and oxygen atoms in total. The molecule has 0 aliphatic carbocycles. The SMILES string of the molecule is COc1ccc(OC)c(/C=C/c2nc3ccc(Cl)cc3c(=O)n2Cc2cccc(CN)c2)c1. The van der Waals surface area contributed by atoms with Crippen LogP contribution in [0.15, 0.2) is 65.5 Å². The molecule has 0 amide bonds. The van der Waals surface area contributed by atoms with Gasteiger partial charge in [0.15, 0.2) is 0 Å². The molecule has 3 aromatic carbocycles. The average Bonchev–Trinajstić information content (AvgIpc) is 2.85. The third-order valence-corrected chi connectivity index (χ3v) is 5.60. The number of aromatic nitrogens is 2. The van der Waals surface area contributed by atoms with E-state index < -0.39 is 0 Å². The van der Waals surface area contributed by atoms with Crippen LogP contribution in [0, 0.1) is 0 Å². The topological polar surface area (TPSA) is 79.4 Å². The van der Waals surface area contributed by atoms with Gasteiger partial charge in [0, 0.05) is 17.1 Å². The molecule has 4 aromatic rings. The van der Waals surface area contributed by atoms with E-state index in [4.69, 9.17) is 31.8 Å². The molecular formula is C26H24ClN3O3. The number of methoxy groups -OCH3 is 2. The van der Waals surface area contributed by atoms with E-state index in [2.05, 4.69) is 0 Å². The van der Waals surface area contributed by atoms with Crippen LogP contribution < -0.4 is 20.8 Å². The van der Waals surface area contributed by atoms with E-state index in [9.17, 15) is 4.79 Å². The van der Waals surface area contributed by atoms with Gasteiger partial charge in [0.2, 0.25) is 0 Å². The molecule has 1 aromatic heterocycles. The average molecular weight is 462 g/mol. The first-order valence-corrected chi connectivity index (χ1v) is 10.8. The fourth-order valence-corrected chi connectivity index (χ4v) is 3.83. The number of rotatable bonds is 7. The lowest BCUT2D eigenvalue weighted by molar-refractivity contribution is 0.402. The first kappa shape index (κ1) is 22.6. The molecule has 0 fully saturated rings. The van der Waals surface area contributed by atoms with Crippen molar-refractivity contribution in [3.8, 4) is 11.5 Å². The minimum absolute atomic E-state index is 0.169. The van der Waals surface area contributed by atoms with E-state index in [0.29, 0.717) is 46.3 Å². The Morgan fingerprint density at radius 3 is 2.58 bits per heavy atom. The zero-order chi connectivity index (χ0) is 23.4. The highest BCUT2D eigenvalue weighted by Gasteiger charge is 2.12. The van der Waals surface area contributed by atoms with Gasteiger partial charge in [-0.05, 0) is 59.7 Å². The Morgan fingerprint density at radius 2 is 1.82 bits per heavy atom. The van der Waals surface area contributed by atoms with Crippen LogP contribution in [0.3, 0.4) is 0 Å². The third kappa shape index (κ3) is 4.92. The second-order valence-electron chi connectivity index (χ2n) is 7.49. The van der Waals surface area contributed by atoms with E-state index in [0.717, 1.165) is 16.7 Å². The number of nitrogens with two attached hydrogens (primary N) is 1. The van der Waals surface area contributed by atoms with Crippen LogP contribution in [0.1, 0.15) is 22.5 Å². The Labute approximate surface area is 196 Å². The standard InChI is InChI=1S/C26H24ClN3O3/c1-32-21-8-10-24(33-2)19(13-21)6-11-25-29-23-9-7-20(27)14-22(23)26(31)30(25)16-18-5-3-4-17(12-18)15-28/h3-14H,15-16,28H2,1-2H3/b11-6+. The van der Waals surface area contributed by atoms with Crippen LogP contribution >= 0.6 is 11.6 Å². The first-order valence-electron chi connectivity index (χ1n) is 10.4. The molecule has 168 valence electrons. The van der Waals surface area contributed by atoms with Gasteiger partial charge >= 0.3 is 0 Å². The molecule has 0 bridgehead atoms. The summed E-state index contributed by atoms with van der Waals surface area (Å²) in [6.07, 6.45) is 3.66. The normalized spacial score (nSPS) is 11.3. The largest absolute Gasteiger partial charge is 0.497 e. The van der Waals surface area contributed by atoms with E-state index in [1.165, 1.54) is 0 Å². The monoisotopic (exact) mass is 461 g/mol. The van der Waals surface area contributed by atoms with E-state index in [1.807, 2.05) is 48.5 Å². The van der Waals surface area contributed by atoms with Crippen molar-refractivity contribution < 1.29 is 9.47 Å². The van der Waals surface area contributed by atoms with Gasteiger partial charge in [-0.1, -0.05) is 35.9 Å². The number of hydrogen-bond acceptors (Lipinski definition) is 5. The molecule has 2 N–H and O–H groups in total. The van der Waals surface area contributed by atoms with E-state index in [1.54, 1.807) is 43.1 Å². The van der Waals surface area contributed by atoms with Crippen molar-refractivity contribution in [2.45, 2.75) is 13.1 Å². The summed E-state index contributed by atoms with van der Waals surface area (Å²) in [5.74, 6) is 1.90. The minimum atomic E-state index is -0.169. The second-order valence-corrected chi connectivity index (χ2v) is 7.92. The van der Waals surface area contributed by atoms with Gasteiger partial charge in [-0.3, -0.25) is 9.36 Å². The van der Waals surface area contributed by atoms with Crippen LogP contribution in [0.5, 0.6) is 11.5 Å². The Hall–Kier alpha value is -3.61. The molecule has 0 atom stereocenters. The summed E-state index contributed by atoms with van der Waals surface area (Å²) in [5.41, 5.74) is 8.96. The van der Waals surface area contributed by atoms with Crippen LogP contribution in [-0.2, 0) is 13.1 Å². The fourth-order valence-electron chi connectivity index (χ4n) is 3.66. The maximum Gasteiger partial charge on any atom is 0.261 e. The van der Waals surface area contributed by atoms with Crippen molar-refractivity contribution in [1.82, 2.24) is 9.55 Å². The summed E-state index contributed by atoms with van der Waals surface area (Å²) in [6, 6.07) is 18.5. The number of hydrogen-bond donors (Lipinski definition) is 1. The predicted molar refractivity (Wildman–Crippen MR) is 133 cm³/mol. The van der Waals surface area contributed by atoms with Gasteiger partial charge in [-0.25, -0.2) is 4.98 Å². The molecular weight excluding hydrogens is 438 g/mol. The van der Waals surface area contributed by atoms with Crippen molar-refractivity contribution >= 4 is 34.7 Å². The highest BCUT2D eigenvalue weighted by atomic mass is 35.5. The summed E-state index contributed by atoms with van der Waals surface area (Å²) in [7, 11) is 3.22. The molecule has 4 rings (SSSR count). The Bertz CT molecular complexity index is 1400. The highest BCUT2D eigenvalue weighted by molar-refractivity contribution is 6.31. The lowest BCUT2D eigenvalue weighted by Crippen LogP contribution is -2.24. The molecule has 0 spiro atoms. The molecule has 0 aliphatic rings. The maximum absolute atomic E-state index is 13.5. The van der Waals surface area contributed by atoms with Crippen LogP contribution in [0.2, 0.25) is 5.02 Å². The molecule has 33 heavy (non-hydrogen) atoms. The lowest BCUT2D eigenvalue weighted by atomic mass is 10.1. The van der Waals surface area contributed by atoms with Gasteiger partial charge in [-0.15, -0.1) is 0 Å². The second kappa shape index (κ2) is 9.90. The van der Waals surface area contributed by atoms with Crippen molar-refractivity contribution in [2.75, 3.05) is 14.2 Å². The van der Waals surface area contributed by atoms with Gasteiger partial charge in [-0.2, -0.15) is 0 Å². The fraction of sp³-hybridized carbons (Fsp3) is 0.154. The summed E-state index contributed by atoms with van der Waals surface area (Å²) < 4.78 is 12.4. The molecule has 0 saturated heterocycles. The zero-order valence-electron chi connectivity index (χ0n) is 18.4. The number of nitrogens with zero attached hydrogens (tertiary/aromatic N) is 2. The number of ether oxygens (including phenoxy) is 2. The highest BCUT2D eigenvalue weighted by Crippen LogP contribution is 2.26. The Balaban J connectivity index is 1.86. The minimum Gasteiger partial charge on any atom is -0.497 e. The lowest BCUT2D eigenvalue weighted by Gasteiger charge is -2.13. The van der Waals surface area contributed by atoms with Crippen LogP contribution in [-0.4, -0.2) is 23.8 Å². The quantitative estimate of drug-likeness (QED) is 0.430. The van der Waals surface area contributed by atoms with E-state index in [-0.39, 0.29) is 5.56 Å². The Kier molecular flexibility index (Phi) is 6.77. The maximum atomic E-state index is 13.5. The smallest absolute Gasteiger partial charge is 0.261 e. The number of halogens is 1. The molecule has 0 saturated carbocycles. The van der Waals surface area contributed by atoms with Gasteiger partial charge in [0.25, 0.3) is 5.56 Å². The predicted octanol–water partition coefficient (Wildman–Crippen LogP) is 4.74. The summed E-state index contributed by atoms with van der Waals surface area (Å²) in [6.45, 7) is 0.772. The zero-order valence-corrected chi connectivity index (χ0v) is 19.2. The molecule has 7 heteroatoms. The summed E-state index contributed by atoms with van der Waals surface area (Å²) in [5, 5.41) is 0.955. The van der Waals surface area contributed by atoms with Crippen LogP contribution in [0.4, 0.5) is 0 Å². The third-order valence-electron chi connectivity index (χ3n) is 5.36. The molecule has 0 radical (unpaired) electrons. The van der Waals surface area contributed by atoms with Crippen molar-refractivity contribution in [3.05, 3.63) is 98.6 Å². The van der Waals surface area contributed by atoms with Gasteiger partial charge < -0.3 is 15.2 Å². The first-order chi connectivity index (χ1) is 16.0. The van der Waals surface area contributed by atoms with Crippen molar-refractivity contribution in [3.63, 3.8) is 0 Å². The Morgan fingerprint density at radius 1 is 1.00 bits per heavy atom. The van der Waals surface area contributed by atoms with Crippen molar-refractivity contribution in [2.24, 2.45) is 5.73 Å². The van der Waals surface area contributed by atoms with Crippen molar-refractivity contribution in [1.29, 1.82) is 0 Å². The van der Waals surface area contributed by atoms with E-state index >= 15 is 0 Å².